The molecule has 1 heterocycles. The van der Waals surface area contributed by atoms with Gasteiger partial charge in [0.25, 0.3) is 0 Å². The lowest BCUT2D eigenvalue weighted by Crippen LogP contribution is -2.43. The Hall–Kier alpha value is -3.55. The van der Waals surface area contributed by atoms with Gasteiger partial charge in [-0.1, -0.05) is 42.5 Å². The number of benzene rings is 2. The summed E-state index contributed by atoms with van der Waals surface area (Å²) in [5.41, 5.74) is 1.60. The number of nitrogens with zero attached hydrogens (tertiary/aromatic N) is 1. The summed E-state index contributed by atoms with van der Waals surface area (Å²) in [5, 5.41) is 2.54. The molecule has 1 unspecified atom stereocenters. The topological polar surface area (TPSA) is 94.2 Å². The molecule has 2 aromatic carbocycles. The maximum atomic E-state index is 12.1. The Morgan fingerprint density at radius 1 is 0.968 bits per heavy atom. The van der Waals surface area contributed by atoms with E-state index in [0.717, 1.165) is 24.0 Å². The molecule has 2 amide bonds. The van der Waals surface area contributed by atoms with Crippen molar-refractivity contribution in [1.29, 1.82) is 0 Å². The Balaban J connectivity index is 1.54. The summed E-state index contributed by atoms with van der Waals surface area (Å²) in [6, 6.07) is 15.1. The summed E-state index contributed by atoms with van der Waals surface area (Å²) in [5.74, 6) is -0.160. The predicted octanol–water partition coefficient (Wildman–Crippen LogP) is 3.29. The highest BCUT2D eigenvalue weighted by atomic mass is 16.6. The number of nitrogens with one attached hydrogen (secondary N) is 1. The van der Waals surface area contributed by atoms with Gasteiger partial charge in [-0.25, -0.2) is 14.4 Å². The number of rotatable bonds is 7. The summed E-state index contributed by atoms with van der Waals surface area (Å²) >= 11 is 0. The van der Waals surface area contributed by atoms with E-state index in [0.29, 0.717) is 18.8 Å². The van der Waals surface area contributed by atoms with Gasteiger partial charge >= 0.3 is 18.2 Å². The van der Waals surface area contributed by atoms with Crippen molar-refractivity contribution in [3.05, 3.63) is 65.7 Å². The number of ether oxygens (including phenoxy) is 3. The average Bonchev–Trinajstić information content (AvgIpc) is 3.34. The van der Waals surface area contributed by atoms with E-state index in [9.17, 15) is 14.4 Å². The molecule has 164 valence electrons. The van der Waals surface area contributed by atoms with Crippen LogP contribution in [0.2, 0.25) is 0 Å². The van der Waals surface area contributed by atoms with E-state index < -0.39 is 18.1 Å². The molecule has 1 saturated heterocycles. The zero-order valence-corrected chi connectivity index (χ0v) is 17.4. The molecule has 0 saturated carbocycles. The molecule has 8 nitrogen and oxygen atoms in total. The lowest BCUT2D eigenvalue weighted by Gasteiger charge is -2.17. The van der Waals surface area contributed by atoms with E-state index in [2.05, 4.69) is 5.32 Å². The number of methoxy groups -OCH3 is 1. The van der Waals surface area contributed by atoms with Gasteiger partial charge in [0.2, 0.25) is 0 Å². The van der Waals surface area contributed by atoms with Crippen molar-refractivity contribution in [2.24, 2.45) is 0 Å². The zero-order valence-electron chi connectivity index (χ0n) is 17.4. The van der Waals surface area contributed by atoms with E-state index in [1.54, 1.807) is 29.2 Å². The monoisotopic (exact) mass is 426 g/mol. The van der Waals surface area contributed by atoms with Crippen molar-refractivity contribution in [3.63, 3.8) is 0 Å². The van der Waals surface area contributed by atoms with Crippen molar-refractivity contribution in [2.45, 2.75) is 31.9 Å². The first-order valence-corrected chi connectivity index (χ1v) is 10.2. The number of carbonyl (C=O) groups excluding carboxylic acids is 3. The van der Waals surface area contributed by atoms with E-state index in [4.69, 9.17) is 14.2 Å². The normalized spacial score (nSPS) is 13.9. The van der Waals surface area contributed by atoms with Crippen LogP contribution in [0.5, 0.6) is 5.75 Å². The minimum atomic E-state index is -0.911. The highest BCUT2D eigenvalue weighted by Crippen LogP contribution is 2.17. The van der Waals surface area contributed by atoms with Crippen LogP contribution in [0.25, 0.3) is 0 Å². The maximum Gasteiger partial charge on any atom is 0.415 e. The molecule has 1 fully saturated rings. The summed E-state index contributed by atoms with van der Waals surface area (Å²) in [6.07, 6.45) is 1.11. The van der Waals surface area contributed by atoms with Gasteiger partial charge in [0.05, 0.1) is 7.11 Å². The fraction of sp³-hybridized carbons (Fsp3) is 0.348. The van der Waals surface area contributed by atoms with Gasteiger partial charge < -0.3 is 24.4 Å². The SMILES string of the molecule is COC(=O)C(Cc1ccc(OC(=O)N2CCCC2)cc1)NC(=O)OCc1ccccc1. The number of amides is 2. The van der Waals surface area contributed by atoms with Gasteiger partial charge in [-0.3, -0.25) is 0 Å². The van der Waals surface area contributed by atoms with Crippen LogP contribution in [0.1, 0.15) is 24.0 Å². The Bertz CT molecular complexity index is 879. The molecule has 1 N–H and O–H groups in total. The zero-order chi connectivity index (χ0) is 22.1. The Morgan fingerprint density at radius 3 is 2.29 bits per heavy atom. The fourth-order valence-electron chi connectivity index (χ4n) is 3.24. The molecule has 0 spiro atoms. The molecule has 0 aromatic heterocycles. The van der Waals surface area contributed by atoms with Crippen LogP contribution >= 0.6 is 0 Å². The second-order valence-electron chi connectivity index (χ2n) is 7.19. The molecule has 3 rings (SSSR count). The van der Waals surface area contributed by atoms with Crippen molar-refractivity contribution in [1.82, 2.24) is 10.2 Å². The standard InChI is InChI=1S/C23H26N2O6/c1-29-21(26)20(24-22(27)30-16-18-7-3-2-4-8-18)15-17-9-11-19(12-10-17)31-23(28)25-13-5-6-14-25/h2-4,7-12,20H,5-6,13-16H2,1H3,(H,24,27). The van der Waals surface area contributed by atoms with Crippen molar-refractivity contribution < 1.29 is 28.6 Å². The quantitative estimate of drug-likeness (QED) is 0.683. The molecule has 1 aliphatic rings. The van der Waals surface area contributed by atoms with E-state index in [1.807, 2.05) is 30.3 Å². The molecular formula is C23H26N2O6. The highest BCUT2D eigenvalue weighted by molar-refractivity contribution is 5.81. The molecular weight excluding hydrogens is 400 g/mol. The third kappa shape index (κ3) is 6.74. The van der Waals surface area contributed by atoms with Gasteiger partial charge in [0.1, 0.15) is 18.4 Å². The van der Waals surface area contributed by atoms with Crippen molar-refractivity contribution >= 4 is 18.2 Å². The molecule has 0 aliphatic carbocycles. The number of hydrogen-bond donors (Lipinski definition) is 1. The first kappa shape index (κ1) is 22.1. The van der Waals surface area contributed by atoms with Gasteiger partial charge in [0.15, 0.2) is 0 Å². The lowest BCUT2D eigenvalue weighted by molar-refractivity contribution is -0.143. The summed E-state index contributed by atoms with van der Waals surface area (Å²) in [7, 11) is 1.26. The van der Waals surface area contributed by atoms with Crippen molar-refractivity contribution in [3.8, 4) is 5.75 Å². The molecule has 0 radical (unpaired) electrons. The van der Waals surface area contributed by atoms with Crippen LogP contribution in [0.15, 0.2) is 54.6 Å². The lowest BCUT2D eigenvalue weighted by atomic mass is 10.1. The number of alkyl carbamates (subject to hydrolysis) is 1. The van der Waals surface area contributed by atoms with Gasteiger partial charge in [-0.2, -0.15) is 0 Å². The Kier molecular flexibility index (Phi) is 7.86. The third-order valence-corrected chi connectivity index (χ3v) is 4.92. The molecule has 2 aromatic rings. The first-order chi connectivity index (χ1) is 15.0. The van der Waals surface area contributed by atoms with E-state index in [-0.39, 0.29) is 19.1 Å². The average molecular weight is 426 g/mol. The summed E-state index contributed by atoms with van der Waals surface area (Å²) < 4.78 is 15.4. The van der Waals surface area contributed by atoms with E-state index >= 15 is 0 Å². The largest absolute Gasteiger partial charge is 0.467 e. The molecule has 0 bridgehead atoms. The van der Waals surface area contributed by atoms with Gasteiger partial charge in [0, 0.05) is 19.5 Å². The molecule has 1 aliphatic heterocycles. The van der Waals surface area contributed by atoms with Crippen LogP contribution in [0.4, 0.5) is 9.59 Å². The second-order valence-corrected chi connectivity index (χ2v) is 7.19. The Labute approximate surface area is 181 Å². The summed E-state index contributed by atoms with van der Waals surface area (Å²) in [6.45, 7) is 1.52. The second kappa shape index (κ2) is 11.0. The number of esters is 1. The Morgan fingerprint density at radius 2 is 1.65 bits per heavy atom. The minimum absolute atomic E-state index is 0.0949. The van der Waals surface area contributed by atoms with Gasteiger partial charge in [-0.05, 0) is 36.1 Å². The van der Waals surface area contributed by atoms with Crippen LogP contribution in [-0.2, 0) is 27.3 Å². The van der Waals surface area contributed by atoms with E-state index in [1.165, 1.54) is 7.11 Å². The smallest absolute Gasteiger partial charge is 0.415 e. The molecule has 1 atom stereocenters. The number of likely N-dealkylation sites (tertiary alicyclic amines) is 1. The predicted molar refractivity (Wildman–Crippen MR) is 113 cm³/mol. The maximum absolute atomic E-state index is 12.1. The minimum Gasteiger partial charge on any atom is -0.467 e. The third-order valence-electron chi connectivity index (χ3n) is 4.92. The summed E-state index contributed by atoms with van der Waals surface area (Å²) in [4.78, 5) is 38.0. The van der Waals surface area contributed by atoms with Gasteiger partial charge in [-0.15, -0.1) is 0 Å². The first-order valence-electron chi connectivity index (χ1n) is 10.2. The van der Waals surface area contributed by atoms with Crippen LogP contribution in [0.3, 0.4) is 0 Å². The fourth-order valence-corrected chi connectivity index (χ4v) is 3.24. The molecule has 8 heteroatoms. The van der Waals surface area contributed by atoms with Crippen LogP contribution < -0.4 is 10.1 Å². The highest BCUT2D eigenvalue weighted by Gasteiger charge is 2.23. The molecule has 31 heavy (non-hydrogen) atoms. The van der Waals surface area contributed by atoms with Crippen LogP contribution in [-0.4, -0.2) is 49.3 Å². The van der Waals surface area contributed by atoms with Crippen LogP contribution in [0, 0.1) is 0 Å². The van der Waals surface area contributed by atoms with Crippen molar-refractivity contribution in [2.75, 3.05) is 20.2 Å². The number of hydrogen-bond acceptors (Lipinski definition) is 6. The number of carbonyl (C=O) groups is 3.